The molecule has 320 valence electrons. The largest absolute Gasteiger partial charge is 0.505 e. The summed E-state index contributed by atoms with van der Waals surface area (Å²) in [5.41, 5.74) is 4.35. The predicted octanol–water partition coefficient (Wildman–Crippen LogP) is 9.22. The Kier molecular flexibility index (Phi) is 10.8. The van der Waals surface area contributed by atoms with Crippen molar-refractivity contribution >= 4 is 70.4 Å². The number of allylic oxidation sites excluding steroid dienone is 2. The van der Waals surface area contributed by atoms with Gasteiger partial charge in [0.2, 0.25) is 11.8 Å². The van der Waals surface area contributed by atoms with Crippen molar-refractivity contribution in [1.82, 2.24) is 5.01 Å². The van der Waals surface area contributed by atoms with E-state index in [-0.39, 0.29) is 29.1 Å². The third-order valence-corrected chi connectivity index (χ3v) is 13.5. The number of nitrogens with zero attached hydrogens (tertiary/aromatic N) is 2. The van der Waals surface area contributed by atoms with Gasteiger partial charge in [-0.15, -0.1) is 0 Å². The van der Waals surface area contributed by atoms with Crippen molar-refractivity contribution in [3.63, 3.8) is 0 Å². The number of phenolic OH excluding ortho intramolecular Hbond substituents is 1. The minimum absolute atomic E-state index is 0.0208. The summed E-state index contributed by atoms with van der Waals surface area (Å²) in [5.74, 6) is -6.78. The topological polar surface area (TPSA) is 135 Å². The Morgan fingerprint density at radius 2 is 1.52 bits per heavy atom. The summed E-state index contributed by atoms with van der Waals surface area (Å²) >= 11 is 12.7. The zero-order chi connectivity index (χ0) is 44.3. The van der Waals surface area contributed by atoms with Crippen molar-refractivity contribution in [3.05, 3.63) is 153 Å². The average molecular weight is 889 g/mol. The number of aromatic hydroxyl groups is 1. The molecule has 2 heterocycles. The number of amides is 4. The van der Waals surface area contributed by atoms with E-state index < -0.39 is 70.2 Å². The van der Waals surface area contributed by atoms with Gasteiger partial charge in [-0.25, -0.2) is 4.39 Å². The first-order chi connectivity index (χ1) is 30.4. The molecule has 63 heavy (non-hydrogen) atoms. The van der Waals surface area contributed by atoms with Gasteiger partial charge in [0.15, 0.2) is 11.6 Å². The number of anilines is 2. The van der Waals surface area contributed by atoms with Crippen molar-refractivity contribution in [2.45, 2.75) is 24.2 Å². The number of rotatable bonds is 10. The molecule has 3 fully saturated rings. The van der Waals surface area contributed by atoms with E-state index in [4.69, 9.17) is 37.4 Å². The molecule has 2 aliphatic carbocycles. The van der Waals surface area contributed by atoms with E-state index in [2.05, 4.69) is 5.43 Å². The van der Waals surface area contributed by atoms with Crippen molar-refractivity contribution in [3.8, 4) is 23.0 Å². The van der Waals surface area contributed by atoms with Crippen LogP contribution in [0.1, 0.15) is 41.0 Å². The third-order valence-electron chi connectivity index (χ3n) is 13.0. The van der Waals surface area contributed by atoms with Crippen molar-refractivity contribution in [1.29, 1.82) is 0 Å². The fourth-order valence-corrected chi connectivity index (χ4v) is 10.5. The molecule has 9 rings (SSSR count). The van der Waals surface area contributed by atoms with Gasteiger partial charge in [-0.05, 0) is 96.6 Å². The fourth-order valence-electron chi connectivity index (χ4n) is 10.1. The summed E-state index contributed by atoms with van der Waals surface area (Å²) in [6.45, 7) is 0. The second-order valence-corrected chi connectivity index (χ2v) is 16.8. The molecule has 5 aromatic carbocycles. The van der Waals surface area contributed by atoms with Gasteiger partial charge in [-0.3, -0.25) is 29.5 Å². The highest BCUT2D eigenvalue weighted by Crippen LogP contribution is 2.65. The Bertz CT molecular complexity index is 2760. The Morgan fingerprint density at radius 1 is 0.794 bits per heavy atom. The van der Waals surface area contributed by atoms with Crippen LogP contribution in [0.25, 0.3) is 12.2 Å². The number of methoxy groups -OCH3 is 3. The Hall–Kier alpha value is -6.63. The van der Waals surface area contributed by atoms with Gasteiger partial charge >= 0.3 is 0 Å². The third kappa shape index (κ3) is 6.70. The number of hydrogen-bond acceptors (Lipinski definition) is 9. The lowest BCUT2D eigenvalue weighted by Gasteiger charge is -2.50. The lowest BCUT2D eigenvalue weighted by molar-refractivity contribution is -0.138. The van der Waals surface area contributed by atoms with Crippen molar-refractivity contribution in [2.75, 3.05) is 31.7 Å². The first-order valence-electron chi connectivity index (χ1n) is 20.2. The molecule has 6 atom stereocenters. The van der Waals surface area contributed by atoms with Gasteiger partial charge in [0.05, 0.1) is 60.9 Å². The molecule has 14 heteroatoms. The molecular formula is C49H40Cl2FN3O8. The molecule has 4 amide bonds. The smallest absolute Gasteiger partial charge is 0.260 e. The maximum Gasteiger partial charge on any atom is 0.260 e. The van der Waals surface area contributed by atoms with E-state index >= 15 is 14.0 Å². The van der Waals surface area contributed by atoms with E-state index in [9.17, 15) is 14.7 Å². The van der Waals surface area contributed by atoms with E-state index in [0.29, 0.717) is 39.1 Å². The maximum absolute atomic E-state index is 15.5. The van der Waals surface area contributed by atoms with E-state index in [1.54, 1.807) is 74.9 Å². The highest BCUT2D eigenvalue weighted by Gasteiger charge is 2.70. The van der Waals surface area contributed by atoms with Crippen LogP contribution in [0.15, 0.2) is 115 Å². The van der Waals surface area contributed by atoms with Crippen LogP contribution in [0, 0.1) is 29.5 Å². The number of hydrogen-bond donors (Lipinski definition) is 2. The molecule has 6 unspecified atom stereocenters. The molecule has 2 N–H and O–H groups in total. The normalized spacial score (nSPS) is 24.0. The molecule has 2 aliphatic heterocycles. The number of benzene rings is 5. The number of carbonyl (C=O) groups excluding carboxylic acids is 4. The van der Waals surface area contributed by atoms with Gasteiger partial charge in [-0.1, -0.05) is 83.4 Å². The van der Waals surface area contributed by atoms with Crippen LogP contribution in [0.2, 0.25) is 10.0 Å². The van der Waals surface area contributed by atoms with Crippen molar-refractivity contribution in [2.24, 2.45) is 23.7 Å². The summed E-state index contributed by atoms with van der Waals surface area (Å²) in [6.07, 6.45) is 5.69. The minimum atomic E-state index is -1.78. The zero-order valence-electron chi connectivity index (χ0n) is 34.2. The number of nitrogens with one attached hydrogen (secondary N) is 1. The summed E-state index contributed by atoms with van der Waals surface area (Å²) in [4.78, 5) is 60.9. The number of ether oxygens (including phenoxy) is 3. The van der Waals surface area contributed by atoms with Crippen LogP contribution < -0.4 is 24.5 Å². The molecule has 11 nitrogen and oxygen atoms in total. The second kappa shape index (κ2) is 16.2. The van der Waals surface area contributed by atoms with E-state index in [1.165, 1.54) is 36.3 Å². The first-order valence-corrected chi connectivity index (χ1v) is 21.0. The van der Waals surface area contributed by atoms with Crippen LogP contribution in [0.5, 0.6) is 23.0 Å². The lowest BCUT2D eigenvalue weighted by atomic mass is 9.49. The number of fused-ring (bicyclic) bond motifs is 4. The molecule has 4 aliphatic rings. The molecule has 5 aromatic rings. The van der Waals surface area contributed by atoms with Crippen molar-refractivity contribution < 1.29 is 42.9 Å². The summed E-state index contributed by atoms with van der Waals surface area (Å²) < 4.78 is 31.9. The standard InChI is InChI=1S/C49H40Cl2FN3O8/c1-61-31-16-11-28(12-17-31)49-37(46(58)55(48(49)60)53-40-21-13-29(50)24-38(40)51)25-36-33(43(49)35-5-4-6-39(52)44(35)56)19-20-34-42(36)47(59)54(45(34)57)30-14-8-26(9-15-30)7-10-27-23-32(62-2)18-22-41(27)63-3/h4-19,21-24,34,36-37,42-43,53,56H,20,25H2,1-3H3. The molecule has 0 aromatic heterocycles. The minimum Gasteiger partial charge on any atom is -0.505 e. The zero-order valence-corrected chi connectivity index (χ0v) is 35.7. The summed E-state index contributed by atoms with van der Waals surface area (Å²) in [6, 6.07) is 27.8. The number of hydrazine groups is 1. The van der Waals surface area contributed by atoms with Gasteiger partial charge in [0.1, 0.15) is 17.2 Å². The number of halogens is 3. The Labute approximate surface area is 372 Å². The Balaban J connectivity index is 1.13. The maximum atomic E-state index is 15.5. The van der Waals surface area contributed by atoms with Crippen LogP contribution >= 0.6 is 23.2 Å². The van der Waals surface area contributed by atoms with Crippen LogP contribution in [-0.2, 0) is 24.6 Å². The quantitative estimate of drug-likeness (QED) is 0.0800. The van der Waals surface area contributed by atoms with E-state index in [0.717, 1.165) is 22.2 Å². The molecule has 0 radical (unpaired) electrons. The van der Waals surface area contributed by atoms with Gasteiger partial charge < -0.3 is 19.3 Å². The van der Waals surface area contributed by atoms with Crippen LogP contribution in [0.4, 0.5) is 15.8 Å². The highest BCUT2D eigenvalue weighted by atomic mass is 35.5. The second-order valence-electron chi connectivity index (χ2n) is 15.9. The average Bonchev–Trinajstić information content (AvgIpc) is 3.67. The molecule has 2 saturated heterocycles. The van der Waals surface area contributed by atoms with E-state index in [1.807, 2.05) is 30.4 Å². The summed E-state index contributed by atoms with van der Waals surface area (Å²) in [5, 5.41) is 12.9. The highest BCUT2D eigenvalue weighted by molar-refractivity contribution is 6.36. The SMILES string of the molecule is COc1ccc(C23C(=O)N(Nc4ccc(Cl)cc4Cl)C(=O)C2CC2C(=CCC4C(=O)N(c5ccc(C=Cc6cc(OC)ccc6OC)cc5)C(=O)C42)C3c2cccc(F)c2O)cc1. The first kappa shape index (κ1) is 41.7. The Morgan fingerprint density at radius 3 is 2.22 bits per heavy atom. The van der Waals surface area contributed by atoms with Gasteiger partial charge in [-0.2, -0.15) is 5.01 Å². The number of para-hydroxylation sites is 1. The number of carbonyl (C=O) groups is 4. The van der Waals surface area contributed by atoms with Crippen LogP contribution in [0.3, 0.4) is 0 Å². The van der Waals surface area contributed by atoms with Gasteiger partial charge in [0, 0.05) is 22.1 Å². The predicted molar refractivity (Wildman–Crippen MR) is 236 cm³/mol. The molecule has 1 saturated carbocycles. The number of imide groups is 2. The fraction of sp³-hybridized carbons (Fsp3) is 0.224. The monoisotopic (exact) mass is 887 g/mol. The molecule has 0 bridgehead atoms. The summed E-state index contributed by atoms with van der Waals surface area (Å²) in [7, 11) is 4.67. The molecule has 0 spiro atoms. The van der Waals surface area contributed by atoms with Gasteiger partial charge in [0.25, 0.3) is 11.8 Å². The van der Waals surface area contributed by atoms with Crippen LogP contribution in [-0.4, -0.2) is 55.1 Å². The number of phenols is 1. The lowest BCUT2D eigenvalue weighted by Crippen LogP contribution is -2.53. The molecular weight excluding hydrogens is 848 g/mol.